The molecule has 0 bridgehead atoms. The van der Waals surface area contributed by atoms with Gasteiger partial charge in [-0.1, -0.05) is 0 Å². The minimum Gasteiger partial charge on any atom is -0.466 e. The highest BCUT2D eigenvalue weighted by Crippen LogP contribution is 2.19. The number of ether oxygens (including phenoxy) is 1. The summed E-state index contributed by atoms with van der Waals surface area (Å²) in [4.78, 5) is 27.6. The number of nitrogens with zero attached hydrogens (tertiary/aromatic N) is 1. The van der Waals surface area contributed by atoms with E-state index in [1.165, 1.54) is 6.26 Å². The summed E-state index contributed by atoms with van der Waals surface area (Å²) in [5, 5.41) is 2.68. The van der Waals surface area contributed by atoms with Crippen LogP contribution in [0.3, 0.4) is 0 Å². The van der Waals surface area contributed by atoms with Crippen molar-refractivity contribution in [2.75, 3.05) is 12.3 Å². The molecule has 0 aliphatic heterocycles. The number of esters is 1. The van der Waals surface area contributed by atoms with Crippen LogP contribution in [0.2, 0.25) is 0 Å². The highest BCUT2D eigenvalue weighted by molar-refractivity contribution is 5.92. The molecule has 1 atom stereocenters. The van der Waals surface area contributed by atoms with Crippen LogP contribution >= 0.6 is 0 Å². The van der Waals surface area contributed by atoms with Gasteiger partial charge < -0.3 is 20.2 Å². The summed E-state index contributed by atoms with van der Waals surface area (Å²) in [6.07, 6.45) is 1.38. The summed E-state index contributed by atoms with van der Waals surface area (Å²) >= 11 is 0. The van der Waals surface area contributed by atoms with Crippen molar-refractivity contribution in [1.29, 1.82) is 0 Å². The van der Waals surface area contributed by atoms with E-state index in [0.29, 0.717) is 18.2 Å². The number of hydrogen-bond donors (Lipinski definition) is 2. The van der Waals surface area contributed by atoms with Crippen molar-refractivity contribution in [3.63, 3.8) is 0 Å². The first-order valence-electron chi connectivity index (χ1n) is 7.27. The second-order valence-corrected chi connectivity index (χ2v) is 5.04. The largest absolute Gasteiger partial charge is 0.466 e. The first-order chi connectivity index (χ1) is 11.0. The fourth-order valence-electron chi connectivity index (χ4n) is 1.95. The minimum atomic E-state index is -0.410. The van der Waals surface area contributed by atoms with Crippen molar-refractivity contribution >= 4 is 17.6 Å². The predicted octanol–water partition coefficient (Wildman–Crippen LogP) is 2.00. The lowest BCUT2D eigenvalue weighted by molar-refractivity contribution is -0.143. The fourth-order valence-corrected chi connectivity index (χ4v) is 1.95. The van der Waals surface area contributed by atoms with Gasteiger partial charge in [0.1, 0.15) is 6.26 Å². The number of nitrogens with one attached hydrogen (secondary N) is 1. The number of amides is 1. The summed E-state index contributed by atoms with van der Waals surface area (Å²) in [5.41, 5.74) is 7.12. The molecule has 1 aromatic carbocycles. The third kappa shape index (κ3) is 4.57. The minimum absolute atomic E-state index is 0.0995. The van der Waals surface area contributed by atoms with Crippen LogP contribution in [0.5, 0.6) is 0 Å². The van der Waals surface area contributed by atoms with E-state index in [1.54, 1.807) is 38.1 Å². The van der Waals surface area contributed by atoms with Crippen molar-refractivity contribution in [1.82, 2.24) is 10.3 Å². The maximum absolute atomic E-state index is 12.1. The molecule has 1 unspecified atom stereocenters. The van der Waals surface area contributed by atoms with Gasteiger partial charge in [-0.3, -0.25) is 9.59 Å². The van der Waals surface area contributed by atoms with Crippen molar-refractivity contribution in [2.45, 2.75) is 26.3 Å². The van der Waals surface area contributed by atoms with Gasteiger partial charge in [-0.25, -0.2) is 4.98 Å². The Hall–Kier alpha value is -2.83. The highest BCUT2D eigenvalue weighted by Gasteiger charge is 2.17. The molecule has 0 saturated heterocycles. The van der Waals surface area contributed by atoms with Gasteiger partial charge in [-0.05, 0) is 38.1 Å². The molecular weight excluding hydrogens is 298 g/mol. The molecule has 0 saturated carbocycles. The Bertz CT molecular complexity index is 679. The van der Waals surface area contributed by atoms with Crippen molar-refractivity contribution in [3.05, 3.63) is 36.2 Å². The summed E-state index contributed by atoms with van der Waals surface area (Å²) in [5.74, 6) is -0.441. The van der Waals surface area contributed by atoms with Gasteiger partial charge in [0.15, 0.2) is 5.69 Å². The van der Waals surface area contributed by atoms with E-state index in [-0.39, 0.29) is 24.1 Å². The fraction of sp³-hybridized carbons (Fsp3) is 0.312. The Morgan fingerprint density at radius 2 is 2.04 bits per heavy atom. The van der Waals surface area contributed by atoms with Gasteiger partial charge in [-0.15, -0.1) is 0 Å². The summed E-state index contributed by atoms with van der Waals surface area (Å²) in [7, 11) is 0. The lowest BCUT2D eigenvalue weighted by Gasteiger charge is -2.11. The van der Waals surface area contributed by atoms with Gasteiger partial charge >= 0.3 is 5.97 Å². The predicted molar refractivity (Wildman–Crippen MR) is 84.5 cm³/mol. The van der Waals surface area contributed by atoms with Gasteiger partial charge in [0.05, 0.1) is 13.0 Å². The molecule has 2 aromatic rings. The lowest BCUT2D eigenvalue weighted by Crippen LogP contribution is -2.34. The molecular formula is C16H19N3O4. The number of nitrogen functional groups attached to an aromatic ring is 1. The Labute approximate surface area is 133 Å². The van der Waals surface area contributed by atoms with Gasteiger partial charge in [0, 0.05) is 17.3 Å². The maximum atomic E-state index is 12.1. The van der Waals surface area contributed by atoms with E-state index < -0.39 is 5.91 Å². The van der Waals surface area contributed by atoms with Gasteiger partial charge in [0.25, 0.3) is 5.91 Å². The van der Waals surface area contributed by atoms with Crippen LogP contribution in [-0.2, 0) is 9.53 Å². The number of aromatic nitrogens is 1. The van der Waals surface area contributed by atoms with Crippen LogP contribution < -0.4 is 11.1 Å². The molecule has 0 aliphatic carbocycles. The second-order valence-electron chi connectivity index (χ2n) is 5.04. The number of carbonyl (C=O) groups is 2. The molecule has 0 aliphatic rings. The maximum Gasteiger partial charge on any atom is 0.307 e. The zero-order valence-corrected chi connectivity index (χ0v) is 13.0. The lowest BCUT2D eigenvalue weighted by atomic mass is 10.2. The van der Waals surface area contributed by atoms with Crippen molar-refractivity contribution in [3.8, 4) is 11.5 Å². The smallest absolute Gasteiger partial charge is 0.307 e. The molecule has 7 heteroatoms. The molecule has 0 spiro atoms. The van der Waals surface area contributed by atoms with E-state index in [2.05, 4.69) is 10.3 Å². The van der Waals surface area contributed by atoms with Crippen LogP contribution in [0.25, 0.3) is 11.5 Å². The Morgan fingerprint density at radius 3 is 2.70 bits per heavy atom. The molecule has 0 radical (unpaired) electrons. The van der Waals surface area contributed by atoms with Crippen LogP contribution in [0, 0.1) is 0 Å². The molecule has 7 nitrogen and oxygen atoms in total. The second kappa shape index (κ2) is 7.44. The van der Waals surface area contributed by atoms with E-state index in [0.717, 1.165) is 5.56 Å². The molecule has 0 fully saturated rings. The van der Waals surface area contributed by atoms with Gasteiger partial charge in [-0.2, -0.15) is 0 Å². The number of hydrogen-bond acceptors (Lipinski definition) is 6. The normalized spacial score (nSPS) is 11.7. The number of rotatable bonds is 6. The highest BCUT2D eigenvalue weighted by atomic mass is 16.5. The average Bonchev–Trinajstić information content (AvgIpc) is 2.98. The zero-order valence-electron chi connectivity index (χ0n) is 13.0. The third-order valence-corrected chi connectivity index (χ3v) is 3.05. The molecule has 1 amide bonds. The Kier molecular flexibility index (Phi) is 5.35. The first-order valence-corrected chi connectivity index (χ1v) is 7.27. The molecule has 2 rings (SSSR count). The van der Waals surface area contributed by atoms with Crippen LogP contribution in [0.4, 0.5) is 5.69 Å². The van der Waals surface area contributed by atoms with Gasteiger partial charge in [0.2, 0.25) is 5.89 Å². The van der Waals surface area contributed by atoms with E-state index in [9.17, 15) is 9.59 Å². The SMILES string of the molecule is CCOC(=O)CC(C)NC(=O)c1coc(-c2ccc(N)cc2)n1. The number of carbonyl (C=O) groups excluding carboxylic acids is 2. The monoisotopic (exact) mass is 317 g/mol. The first kappa shape index (κ1) is 16.5. The van der Waals surface area contributed by atoms with E-state index >= 15 is 0 Å². The van der Waals surface area contributed by atoms with E-state index in [4.69, 9.17) is 14.9 Å². The number of oxazole rings is 1. The zero-order chi connectivity index (χ0) is 16.8. The van der Waals surface area contributed by atoms with Crippen LogP contribution in [0.15, 0.2) is 34.9 Å². The van der Waals surface area contributed by atoms with Crippen molar-refractivity contribution < 1.29 is 18.7 Å². The molecule has 1 heterocycles. The number of nitrogens with two attached hydrogens (primary N) is 1. The van der Waals surface area contributed by atoms with Crippen LogP contribution in [-0.4, -0.2) is 29.5 Å². The standard InChI is InChI=1S/C16H19N3O4/c1-3-22-14(20)8-10(2)18-15(21)13-9-23-16(19-13)11-4-6-12(17)7-5-11/h4-7,9-10H,3,8,17H2,1-2H3,(H,18,21). The average molecular weight is 317 g/mol. The van der Waals surface area contributed by atoms with Crippen molar-refractivity contribution in [2.24, 2.45) is 0 Å². The molecule has 1 aromatic heterocycles. The third-order valence-electron chi connectivity index (χ3n) is 3.05. The topological polar surface area (TPSA) is 107 Å². The summed E-state index contributed by atoms with van der Waals surface area (Å²) in [6, 6.07) is 6.60. The van der Waals surface area contributed by atoms with E-state index in [1.807, 2.05) is 0 Å². The number of benzene rings is 1. The molecule has 23 heavy (non-hydrogen) atoms. The quantitative estimate of drug-likeness (QED) is 0.623. The summed E-state index contributed by atoms with van der Waals surface area (Å²) in [6.45, 7) is 3.76. The summed E-state index contributed by atoms with van der Waals surface area (Å²) < 4.78 is 10.1. The van der Waals surface area contributed by atoms with Crippen LogP contribution in [0.1, 0.15) is 30.8 Å². The number of anilines is 1. The Balaban J connectivity index is 1.98. The molecule has 3 N–H and O–H groups in total. The Morgan fingerprint density at radius 1 is 1.35 bits per heavy atom. The molecule has 122 valence electrons.